The number of nitrogens with one attached hydrogen (secondary N) is 1. The van der Waals surface area contributed by atoms with E-state index in [1.54, 1.807) is 0 Å². The summed E-state index contributed by atoms with van der Waals surface area (Å²) >= 11 is 0. The standard InChI is InChI=1S/C11H13FN2O5S/c1-7(11(16)19-6-10(13)15)14-20(17,18)9-4-2-8(12)3-5-9/h2-5,7,14H,6H2,1H3,(H2,13,15)/t7-/m0/s1. The molecule has 0 heterocycles. The Kier molecular flexibility index (Phi) is 5.17. The third-order valence-corrected chi connectivity index (χ3v) is 3.72. The summed E-state index contributed by atoms with van der Waals surface area (Å²) < 4.78 is 42.9. The first-order valence-electron chi connectivity index (χ1n) is 5.45. The second-order valence-corrected chi connectivity index (χ2v) is 5.58. The summed E-state index contributed by atoms with van der Waals surface area (Å²) in [4.78, 5) is 21.6. The van der Waals surface area contributed by atoms with Crippen LogP contribution in [0.3, 0.4) is 0 Å². The molecule has 0 aliphatic heterocycles. The summed E-state index contributed by atoms with van der Waals surface area (Å²) in [6, 6.07) is 2.84. The first-order chi connectivity index (χ1) is 9.22. The Balaban J connectivity index is 2.73. The highest BCUT2D eigenvalue weighted by atomic mass is 32.2. The number of carbonyl (C=O) groups is 2. The number of carbonyl (C=O) groups excluding carboxylic acids is 2. The molecule has 110 valence electrons. The van der Waals surface area contributed by atoms with E-state index >= 15 is 0 Å². The molecule has 20 heavy (non-hydrogen) atoms. The lowest BCUT2D eigenvalue weighted by molar-refractivity contribution is -0.149. The molecular weight excluding hydrogens is 291 g/mol. The summed E-state index contributed by atoms with van der Waals surface area (Å²) in [5, 5.41) is 0. The van der Waals surface area contributed by atoms with Crippen molar-refractivity contribution in [1.29, 1.82) is 0 Å². The van der Waals surface area contributed by atoms with E-state index in [0.717, 1.165) is 24.3 Å². The quantitative estimate of drug-likeness (QED) is 0.689. The minimum Gasteiger partial charge on any atom is -0.454 e. The number of nitrogens with two attached hydrogens (primary N) is 1. The van der Waals surface area contributed by atoms with Gasteiger partial charge in [0.15, 0.2) is 6.61 Å². The molecule has 0 unspecified atom stereocenters. The van der Waals surface area contributed by atoms with Crippen LogP contribution in [-0.2, 0) is 24.3 Å². The van der Waals surface area contributed by atoms with Gasteiger partial charge < -0.3 is 10.5 Å². The van der Waals surface area contributed by atoms with E-state index in [-0.39, 0.29) is 4.90 Å². The number of halogens is 1. The maximum Gasteiger partial charge on any atom is 0.324 e. The number of sulfonamides is 1. The van der Waals surface area contributed by atoms with Gasteiger partial charge in [0, 0.05) is 0 Å². The Bertz CT molecular complexity index is 600. The zero-order valence-corrected chi connectivity index (χ0v) is 11.3. The Hall–Kier alpha value is -2.00. The van der Waals surface area contributed by atoms with Crippen LogP contribution in [0.1, 0.15) is 6.92 Å². The average Bonchev–Trinajstić information content (AvgIpc) is 2.35. The molecule has 7 nitrogen and oxygen atoms in total. The largest absolute Gasteiger partial charge is 0.454 e. The third kappa shape index (κ3) is 4.59. The normalized spacial score (nSPS) is 12.7. The van der Waals surface area contributed by atoms with Crippen LogP contribution >= 0.6 is 0 Å². The maximum atomic E-state index is 12.7. The highest BCUT2D eigenvalue weighted by Gasteiger charge is 2.23. The Morgan fingerprint density at radius 1 is 1.35 bits per heavy atom. The van der Waals surface area contributed by atoms with E-state index in [0.29, 0.717) is 0 Å². The SMILES string of the molecule is C[C@H](NS(=O)(=O)c1ccc(F)cc1)C(=O)OCC(N)=O. The topological polar surface area (TPSA) is 116 Å². The van der Waals surface area contributed by atoms with Gasteiger partial charge in [0.1, 0.15) is 11.9 Å². The van der Waals surface area contributed by atoms with Gasteiger partial charge in [0.25, 0.3) is 5.91 Å². The molecule has 1 rings (SSSR count). The summed E-state index contributed by atoms with van der Waals surface area (Å²) in [6.07, 6.45) is 0. The monoisotopic (exact) mass is 304 g/mol. The van der Waals surface area contributed by atoms with E-state index in [2.05, 4.69) is 4.74 Å². The fourth-order valence-corrected chi connectivity index (χ4v) is 2.42. The second-order valence-electron chi connectivity index (χ2n) is 3.87. The summed E-state index contributed by atoms with van der Waals surface area (Å²) in [6.45, 7) is 0.603. The highest BCUT2D eigenvalue weighted by Crippen LogP contribution is 2.10. The Morgan fingerprint density at radius 2 is 1.90 bits per heavy atom. The summed E-state index contributed by atoms with van der Waals surface area (Å²) in [5.74, 6) is -2.39. The minimum absolute atomic E-state index is 0.201. The van der Waals surface area contributed by atoms with Gasteiger partial charge in [0.2, 0.25) is 10.0 Å². The van der Waals surface area contributed by atoms with Gasteiger partial charge in [-0.2, -0.15) is 4.72 Å². The molecule has 1 aromatic rings. The molecule has 1 atom stereocenters. The number of ether oxygens (including phenoxy) is 1. The lowest BCUT2D eigenvalue weighted by Gasteiger charge is -2.13. The van der Waals surface area contributed by atoms with Crippen molar-refractivity contribution in [3.05, 3.63) is 30.1 Å². The Morgan fingerprint density at radius 3 is 2.40 bits per heavy atom. The van der Waals surface area contributed by atoms with Crippen LogP contribution in [0.25, 0.3) is 0 Å². The van der Waals surface area contributed by atoms with Crippen LogP contribution < -0.4 is 10.5 Å². The van der Waals surface area contributed by atoms with Gasteiger partial charge in [-0.1, -0.05) is 0 Å². The number of rotatable bonds is 6. The van der Waals surface area contributed by atoms with Crippen molar-refractivity contribution in [1.82, 2.24) is 4.72 Å². The number of benzene rings is 1. The fourth-order valence-electron chi connectivity index (χ4n) is 1.23. The molecule has 0 aliphatic carbocycles. The van der Waals surface area contributed by atoms with Crippen LogP contribution in [0.15, 0.2) is 29.2 Å². The van der Waals surface area contributed by atoms with Gasteiger partial charge in [-0.05, 0) is 31.2 Å². The van der Waals surface area contributed by atoms with Gasteiger partial charge in [0.05, 0.1) is 4.90 Å². The van der Waals surface area contributed by atoms with Crippen molar-refractivity contribution < 1.29 is 27.1 Å². The maximum absolute atomic E-state index is 12.7. The number of primary amides is 1. The third-order valence-electron chi connectivity index (χ3n) is 2.17. The smallest absolute Gasteiger partial charge is 0.324 e. The first-order valence-corrected chi connectivity index (χ1v) is 6.93. The van der Waals surface area contributed by atoms with Crippen LogP contribution in [0.4, 0.5) is 4.39 Å². The number of hydrogen-bond acceptors (Lipinski definition) is 5. The van der Waals surface area contributed by atoms with Crippen LogP contribution in [0.2, 0.25) is 0 Å². The highest BCUT2D eigenvalue weighted by molar-refractivity contribution is 7.89. The van der Waals surface area contributed by atoms with Gasteiger partial charge in [-0.15, -0.1) is 0 Å². The van der Waals surface area contributed by atoms with E-state index in [9.17, 15) is 22.4 Å². The van der Waals surface area contributed by atoms with Gasteiger partial charge in [-0.25, -0.2) is 12.8 Å². The summed E-state index contributed by atoms with van der Waals surface area (Å²) in [7, 11) is -3.99. The molecule has 0 fully saturated rings. The molecule has 0 radical (unpaired) electrons. The van der Waals surface area contributed by atoms with Crippen LogP contribution in [-0.4, -0.2) is 32.9 Å². The first kappa shape index (κ1) is 16.1. The van der Waals surface area contributed by atoms with Crippen molar-refractivity contribution >= 4 is 21.9 Å². The molecule has 0 saturated heterocycles. The molecule has 0 aromatic heterocycles. The molecule has 9 heteroatoms. The molecular formula is C11H13FN2O5S. The zero-order valence-electron chi connectivity index (χ0n) is 10.5. The van der Waals surface area contributed by atoms with E-state index in [1.165, 1.54) is 6.92 Å². The molecule has 0 spiro atoms. The van der Waals surface area contributed by atoms with E-state index in [4.69, 9.17) is 5.73 Å². The molecule has 3 N–H and O–H groups in total. The van der Waals surface area contributed by atoms with Crippen molar-refractivity contribution in [3.63, 3.8) is 0 Å². The second kappa shape index (κ2) is 6.44. The van der Waals surface area contributed by atoms with E-state index in [1.807, 2.05) is 4.72 Å². The molecule has 1 amide bonds. The number of esters is 1. The van der Waals surface area contributed by atoms with E-state index < -0.39 is 40.4 Å². The van der Waals surface area contributed by atoms with Gasteiger partial charge in [-0.3, -0.25) is 9.59 Å². The molecule has 0 aliphatic rings. The van der Waals surface area contributed by atoms with Crippen molar-refractivity contribution in [2.75, 3.05) is 6.61 Å². The summed E-state index contributed by atoms with van der Waals surface area (Å²) in [5.41, 5.74) is 4.78. The predicted molar refractivity (Wildman–Crippen MR) is 66.3 cm³/mol. The number of amides is 1. The lowest BCUT2D eigenvalue weighted by Crippen LogP contribution is -2.40. The minimum atomic E-state index is -3.99. The van der Waals surface area contributed by atoms with Crippen molar-refractivity contribution in [3.8, 4) is 0 Å². The number of hydrogen-bond donors (Lipinski definition) is 2. The molecule has 0 bridgehead atoms. The fraction of sp³-hybridized carbons (Fsp3) is 0.273. The van der Waals surface area contributed by atoms with Crippen molar-refractivity contribution in [2.24, 2.45) is 5.73 Å². The van der Waals surface area contributed by atoms with Crippen LogP contribution in [0.5, 0.6) is 0 Å². The molecule has 0 saturated carbocycles. The lowest BCUT2D eigenvalue weighted by atomic mass is 10.4. The van der Waals surface area contributed by atoms with Crippen molar-refractivity contribution in [2.45, 2.75) is 17.9 Å². The predicted octanol–water partition coefficient (Wildman–Crippen LogP) is -0.479. The zero-order chi connectivity index (χ0) is 15.3. The average molecular weight is 304 g/mol. The molecule has 1 aromatic carbocycles. The Labute approximate surface area is 115 Å². The van der Waals surface area contributed by atoms with Gasteiger partial charge >= 0.3 is 5.97 Å². The van der Waals surface area contributed by atoms with Crippen LogP contribution in [0, 0.1) is 5.82 Å².